The fourth-order valence-corrected chi connectivity index (χ4v) is 2.66. The fraction of sp³-hybridized carbons (Fsp3) is 0.929. The van der Waals surface area contributed by atoms with Gasteiger partial charge in [-0.05, 0) is 46.5 Å². The number of rotatable bonds is 2. The molecule has 1 aliphatic heterocycles. The molecule has 18 heavy (non-hydrogen) atoms. The van der Waals surface area contributed by atoms with Gasteiger partial charge in [-0.25, -0.2) is 4.79 Å². The molecule has 0 aliphatic carbocycles. The molecule has 1 rings (SSSR count). The van der Waals surface area contributed by atoms with Gasteiger partial charge in [0.2, 0.25) is 0 Å². The Balaban J connectivity index is 2.82. The zero-order chi connectivity index (χ0) is 13.9. The first kappa shape index (κ1) is 15.3. The first-order valence-corrected chi connectivity index (χ1v) is 7.05. The normalized spacial score (nSPS) is 29.2. The summed E-state index contributed by atoms with van der Waals surface area (Å²) in [5.74, 6) is 0. The minimum absolute atomic E-state index is 0.187. The molecule has 0 spiro atoms. The maximum atomic E-state index is 12.3. The van der Waals surface area contributed by atoms with Crippen molar-refractivity contribution in [3.63, 3.8) is 0 Å². The average Bonchev–Trinajstić information content (AvgIpc) is 2.24. The van der Waals surface area contributed by atoms with Gasteiger partial charge in [-0.15, -0.1) is 0 Å². The molecule has 3 atom stereocenters. The molecular formula is C14H28N2O2. The second-order valence-electron chi connectivity index (χ2n) is 6.24. The monoisotopic (exact) mass is 256 g/mol. The van der Waals surface area contributed by atoms with E-state index in [0.717, 1.165) is 25.7 Å². The summed E-state index contributed by atoms with van der Waals surface area (Å²) in [5.41, 5.74) is 5.64. The van der Waals surface area contributed by atoms with Crippen molar-refractivity contribution < 1.29 is 9.53 Å². The standard InChI is InChI=1S/C14H28N2O2/c1-6-11-8-10(15)9-12(7-2)16(11)13(17)18-14(3,4)5/h10-12H,6-9,15H2,1-5H3/t10?,11-,12+. The van der Waals surface area contributed by atoms with E-state index >= 15 is 0 Å². The Morgan fingerprint density at radius 2 is 1.67 bits per heavy atom. The number of nitrogens with two attached hydrogens (primary N) is 1. The molecule has 2 N–H and O–H groups in total. The Bertz CT molecular complexity index is 272. The fourth-order valence-electron chi connectivity index (χ4n) is 2.66. The van der Waals surface area contributed by atoms with Crippen molar-refractivity contribution in [1.29, 1.82) is 0 Å². The van der Waals surface area contributed by atoms with E-state index < -0.39 is 5.60 Å². The van der Waals surface area contributed by atoms with Gasteiger partial charge in [0.05, 0.1) is 0 Å². The molecular weight excluding hydrogens is 228 g/mol. The lowest BCUT2D eigenvalue weighted by atomic mass is 9.89. The van der Waals surface area contributed by atoms with E-state index in [1.165, 1.54) is 0 Å². The number of ether oxygens (including phenoxy) is 1. The van der Waals surface area contributed by atoms with E-state index in [1.807, 2.05) is 25.7 Å². The van der Waals surface area contributed by atoms with Crippen LogP contribution in [0.3, 0.4) is 0 Å². The first-order chi connectivity index (χ1) is 8.28. The van der Waals surface area contributed by atoms with E-state index in [4.69, 9.17) is 10.5 Å². The molecule has 1 amide bonds. The van der Waals surface area contributed by atoms with Gasteiger partial charge in [-0.2, -0.15) is 0 Å². The summed E-state index contributed by atoms with van der Waals surface area (Å²) in [4.78, 5) is 14.2. The van der Waals surface area contributed by atoms with E-state index in [1.54, 1.807) is 0 Å². The largest absolute Gasteiger partial charge is 0.444 e. The van der Waals surface area contributed by atoms with Crippen molar-refractivity contribution in [3.05, 3.63) is 0 Å². The minimum Gasteiger partial charge on any atom is -0.444 e. The second-order valence-corrected chi connectivity index (χ2v) is 6.24. The third-order valence-corrected chi connectivity index (χ3v) is 3.48. The number of likely N-dealkylation sites (tertiary alicyclic amines) is 1. The van der Waals surface area contributed by atoms with Crippen molar-refractivity contribution in [2.75, 3.05) is 0 Å². The van der Waals surface area contributed by atoms with Gasteiger partial charge in [-0.3, -0.25) is 0 Å². The lowest BCUT2D eigenvalue weighted by Crippen LogP contribution is -2.55. The van der Waals surface area contributed by atoms with E-state index in [2.05, 4.69) is 13.8 Å². The summed E-state index contributed by atoms with van der Waals surface area (Å²) in [5, 5.41) is 0. The average molecular weight is 256 g/mol. The van der Waals surface area contributed by atoms with Gasteiger partial charge in [0.25, 0.3) is 0 Å². The molecule has 1 aliphatic rings. The number of amides is 1. The molecule has 0 radical (unpaired) electrons. The number of carbonyl (C=O) groups excluding carboxylic acids is 1. The smallest absolute Gasteiger partial charge is 0.410 e. The summed E-state index contributed by atoms with van der Waals surface area (Å²) in [6.07, 6.45) is 3.44. The van der Waals surface area contributed by atoms with Crippen molar-refractivity contribution in [3.8, 4) is 0 Å². The van der Waals surface area contributed by atoms with Crippen LogP contribution in [0.2, 0.25) is 0 Å². The van der Waals surface area contributed by atoms with E-state index in [0.29, 0.717) is 0 Å². The van der Waals surface area contributed by atoms with Crippen LogP contribution in [0.5, 0.6) is 0 Å². The number of hydrogen-bond donors (Lipinski definition) is 1. The molecule has 0 aromatic heterocycles. The van der Waals surface area contributed by atoms with Gasteiger partial charge in [0.15, 0.2) is 0 Å². The third-order valence-electron chi connectivity index (χ3n) is 3.48. The Labute approximate surface area is 111 Å². The summed E-state index contributed by atoms with van der Waals surface area (Å²) in [6, 6.07) is 0.640. The molecule has 4 heteroatoms. The van der Waals surface area contributed by atoms with Gasteiger partial charge < -0.3 is 15.4 Å². The van der Waals surface area contributed by atoms with Crippen LogP contribution in [0.25, 0.3) is 0 Å². The van der Waals surface area contributed by atoms with Crippen LogP contribution in [-0.2, 0) is 4.74 Å². The van der Waals surface area contributed by atoms with E-state index in [-0.39, 0.29) is 24.2 Å². The Morgan fingerprint density at radius 3 is 2.00 bits per heavy atom. The van der Waals surface area contributed by atoms with Gasteiger partial charge in [0.1, 0.15) is 5.60 Å². The highest BCUT2D eigenvalue weighted by atomic mass is 16.6. The first-order valence-electron chi connectivity index (χ1n) is 7.05. The highest BCUT2D eigenvalue weighted by molar-refractivity contribution is 5.69. The highest BCUT2D eigenvalue weighted by Gasteiger charge is 2.37. The summed E-state index contributed by atoms with van der Waals surface area (Å²) in [6.45, 7) is 9.92. The van der Waals surface area contributed by atoms with Gasteiger partial charge >= 0.3 is 6.09 Å². The molecule has 4 nitrogen and oxygen atoms in total. The summed E-state index contributed by atoms with van der Waals surface area (Å²) < 4.78 is 5.52. The number of hydrogen-bond acceptors (Lipinski definition) is 3. The van der Waals surface area contributed by atoms with E-state index in [9.17, 15) is 4.79 Å². The Morgan fingerprint density at radius 1 is 1.22 bits per heavy atom. The highest BCUT2D eigenvalue weighted by Crippen LogP contribution is 2.28. The summed E-state index contributed by atoms with van der Waals surface area (Å²) in [7, 11) is 0. The Hall–Kier alpha value is -0.770. The number of piperidine rings is 1. The molecule has 106 valence electrons. The number of carbonyl (C=O) groups is 1. The Kier molecular flexibility index (Phi) is 5.02. The maximum Gasteiger partial charge on any atom is 0.410 e. The second kappa shape index (κ2) is 5.91. The van der Waals surface area contributed by atoms with Crippen molar-refractivity contribution >= 4 is 6.09 Å². The molecule has 1 heterocycles. The van der Waals surface area contributed by atoms with Crippen LogP contribution >= 0.6 is 0 Å². The molecule has 1 saturated heterocycles. The van der Waals surface area contributed by atoms with Gasteiger partial charge in [-0.1, -0.05) is 13.8 Å². The third kappa shape index (κ3) is 3.87. The lowest BCUT2D eigenvalue weighted by molar-refractivity contribution is -0.00903. The molecule has 0 aromatic carbocycles. The van der Waals surface area contributed by atoms with Crippen molar-refractivity contribution in [2.45, 2.75) is 84.0 Å². The molecule has 0 aromatic rings. The molecule has 1 fully saturated rings. The van der Waals surface area contributed by atoms with Crippen molar-refractivity contribution in [2.24, 2.45) is 5.73 Å². The molecule has 1 unspecified atom stereocenters. The van der Waals surface area contributed by atoms with Crippen LogP contribution in [0, 0.1) is 0 Å². The van der Waals surface area contributed by atoms with Crippen LogP contribution in [0.15, 0.2) is 0 Å². The van der Waals surface area contributed by atoms with Crippen LogP contribution in [0.4, 0.5) is 4.79 Å². The quantitative estimate of drug-likeness (QED) is 0.826. The summed E-state index contributed by atoms with van der Waals surface area (Å²) >= 11 is 0. The predicted octanol–water partition coefficient (Wildman–Crippen LogP) is 2.90. The maximum absolute atomic E-state index is 12.3. The zero-order valence-electron chi connectivity index (χ0n) is 12.4. The SMILES string of the molecule is CC[C@@H]1CC(N)C[C@H](CC)N1C(=O)OC(C)(C)C. The van der Waals surface area contributed by atoms with Crippen LogP contribution < -0.4 is 5.73 Å². The van der Waals surface area contributed by atoms with Gasteiger partial charge in [0, 0.05) is 18.1 Å². The molecule has 0 bridgehead atoms. The van der Waals surface area contributed by atoms with Crippen LogP contribution in [0.1, 0.15) is 60.3 Å². The predicted molar refractivity (Wildman–Crippen MR) is 73.4 cm³/mol. The zero-order valence-corrected chi connectivity index (χ0v) is 12.4. The molecule has 0 saturated carbocycles. The lowest BCUT2D eigenvalue weighted by Gasteiger charge is -2.44. The van der Waals surface area contributed by atoms with Crippen molar-refractivity contribution in [1.82, 2.24) is 4.90 Å². The minimum atomic E-state index is -0.437. The van der Waals surface area contributed by atoms with Crippen LogP contribution in [-0.4, -0.2) is 34.7 Å². The number of nitrogens with zero attached hydrogens (tertiary/aromatic N) is 1. The topological polar surface area (TPSA) is 55.6 Å².